The van der Waals surface area contributed by atoms with Crippen LogP contribution in [-0.2, 0) is 22.8 Å². The molecule has 0 aliphatic carbocycles. The lowest BCUT2D eigenvalue weighted by molar-refractivity contribution is -0.0506. The number of hydrogen-bond donors (Lipinski definition) is 0. The van der Waals surface area contributed by atoms with Crippen molar-refractivity contribution < 1.29 is 27.2 Å². The Labute approximate surface area is 224 Å². The van der Waals surface area contributed by atoms with Crippen LogP contribution in [0.4, 0.5) is 13.2 Å². The standard InChI is InChI=1S/C27H29BF3N5O3/c1-14-33-34-24(35(14)6)15-8-7-9-21(37-25(30)31)23(15)19-10-11-22-32-18-13-17(29)16(12-20(18)36(19)22)28-38-26(2,3)27(4,5)39-28/h7-9,12-13,19,25H,10-11H2,1-6H3/t19-/m1/s1. The Balaban J connectivity index is 1.52. The highest BCUT2D eigenvalue weighted by molar-refractivity contribution is 6.62. The Morgan fingerprint density at radius 2 is 1.82 bits per heavy atom. The van der Waals surface area contributed by atoms with E-state index in [0.29, 0.717) is 46.7 Å². The van der Waals surface area contributed by atoms with Crippen molar-refractivity contribution in [1.29, 1.82) is 0 Å². The first-order chi connectivity index (χ1) is 18.4. The lowest BCUT2D eigenvalue weighted by Crippen LogP contribution is -2.41. The van der Waals surface area contributed by atoms with Crippen LogP contribution in [0.1, 0.15) is 57.4 Å². The third kappa shape index (κ3) is 4.03. The number of benzene rings is 2. The molecule has 204 valence electrons. The van der Waals surface area contributed by atoms with Crippen LogP contribution in [-0.4, -0.2) is 49.2 Å². The van der Waals surface area contributed by atoms with Crippen molar-refractivity contribution in [2.24, 2.45) is 7.05 Å². The molecule has 4 heterocycles. The highest BCUT2D eigenvalue weighted by Gasteiger charge is 2.52. The minimum absolute atomic E-state index is 0.0520. The average molecular weight is 539 g/mol. The minimum atomic E-state index is -3.01. The molecule has 0 saturated carbocycles. The normalized spacial score (nSPS) is 19.8. The summed E-state index contributed by atoms with van der Waals surface area (Å²) < 4.78 is 63.5. The number of imidazole rings is 1. The van der Waals surface area contributed by atoms with Crippen LogP contribution in [0.3, 0.4) is 0 Å². The molecular weight excluding hydrogens is 510 g/mol. The van der Waals surface area contributed by atoms with Crippen LogP contribution >= 0.6 is 0 Å². The predicted molar refractivity (Wildman–Crippen MR) is 140 cm³/mol. The lowest BCUT2D eigenvalue weighted by Gasteiger charge is -2.32. The van der Waals surface area contributed by atoms with Crippen molar-refractivity contribution in [2.45, 2.75) is 71.3 Å². The molecule has 2 aromatic carbocycles. The Morgan fingerprint density at radius 1 is 1.10 bits per heavy atom. The molecule has 1 saturated heterocycles. The van der Waals surface area contributed by atoms with Crippen molar-refractivity contribution in [3.05, 3.63) is 53.4 Å². The third-order valence-electron chi connectivity index (χ3n) is 8.29. The maximum Gasteiger partial charge on any atom is 0.497 e. The Morgan fingerprint density at radius 3 is 2.46 bits per heavy atom. The van der Waals surface area contributed by atoms with Gasteiger partial charge in [-0.1, -0.05) is 12.1 Å². The summed E-state index contributed by atoms with van der Waals surface area (Å²) in [7, 11) is 0.915. The number of hydrogen-bond acceptors (Lipinski definition) is 6. The molecule has 0 spiro atoms. The van der Waals surface area contributed by atoms with Crippen LogP contribution in [0.15, 0.2) is 30.3 Å². The topological polar surface area (TPSA) is 76.2 Å². The van der Waals surface area contributed by atoms with E-state index >= 15 is 4.39 Å². The van der Waals surface area contributed by atoms with Crippen LogP contribution in [0, 0.1) is 12.7 Å². The fourth-order valence-electron chi connectivity index (χ4n) is 5.45. The molecule has 1 fully saturated rings. The number of alkyl halides is 2. The van der Waals surface area contributed by atoms with Gasteiger partial charge in [0.2, 0.25) is 0 Å². The number of rotatable bonds is 5. The van der Waals surface area contributed by atoms with Gasteiger partial charge in [-0.3, -0.25) is 0 Å². The maximum absolute atomic E-state index is 15.4. The van der Waals surface area contributed by atoms with E-state index < -0.39 is 36.8 Å². The van der Waals surface area contributed by atoms with Crippen LogP contribution < -0.4 is 10.2 Å². The predicted octanol–water partition coefficient (Wildman–Crippen LogP) is 4.72. The van der Waals surface area contributed by atoms with Gasteiger partial charge in [-0.15, -0.1) is 10.2 Å². The second-order valence-corrected chi connectivity index (χ2v) is 11.1. The van der Waals surface area contributed by atoms with E-state index in [9.17, 15) is 8.78 Å². The molecule has 2 aliphatic heterocycles. The highest BCUT2D eigenvalue weighted by atomic mass is 19.3. The molecule has 12 heteroatoms. The summed E-state index contributed by atoms with van der Waals surface area (Å²) in [5.41, 5.74) is 1.28. The molecule has 8 nitrogen and oxygen atoms in total. The summed E-state index contributed by atoms with van der Waals surface area (Å²) >= 11 is 0. The van der Waals surface area contributed by atoms with Gasteiger partial charge < -0.3 is 23.2 Å². The molecule has 0 unspecified atom stereocenters. The molecule has 0 radical (unpaired) electrons. The van der Waals surface area contributed by atoms with Gasteiger partial charge in [0.15, 0.2) is 5.82 Å². The fraction of sp³-hybridized carbons (Fsp3) is 0.444. The summed E-state index contributed by atoms with van der Waals surface area (Å²) in [6.07, 6.45) is 1.17. The molecule has 1 atom stereocenters. The first-order valence-corrected chi connectivity index (χ1v) is 12.9. The fourth-order valence-corrected chi connectivity index (χ4v) is 5.45. The second-order valence-electron chi connectivity index (χ2n) is 11.1. The van der Waals surface area contributed by atoms with Crippen LogP contribution in [0.5, 0.6) is 5.75 Å². The smallest absolute Gasteiger partial charge is 0.434 e. The molecule has 2 aromatic heterocycles. The van der Waals surface area contributed by atoms with E-state index in [1.807, 2.05) is 52.3 Å². The quantitative estimate of drug-likeness (QED) is 0.342. The van der Waals surface area contributed by atoms with Gasteiger partial charge >= 0.3 is 13.7 Å². The zero-order chi connectivity index (χ0) is 27.9. The molecule has 39 heavy (non-hydrogen) atoms. The number of nitrogens with zero attached hydrogens (tertiary/aromatic N) is 5. The van der Waals surface area contributed by atoms with Gasteiger partial charge in [-0.25, -0.2) is 9.37 Å². The lowest BCUT2D eigenvalue weighted by atomic mass is 9.78. The van der Waals surface area contributed by atoms with Crippen molar-refractivity contribution in [3.63, 3.8) is 0 Å². The average Bonchev–Trinajstić information content (AvgIpc) is 3.55. The van der Waals surface area contributed by atoms with E-state index in [4.69, 9.17) is 14.0 Å². The summed E-state index contributed by atoms with van der Waals surface area (Å²) in [4.78, 5) is 4.69. The van der Waals surface area contributed by atoms with Crippen LogP contribution in [0.2, 0.25) is 0 Å². The van der Waals surface area contributed by atoms with Gasteiger partial charge in [0.1, 0.15) is 23.2 Å². The van der Waals surface area contributed by atoms with Gasteiger partial charge in [0, 0.05) is 36.1 Å². The molecule has 4 aromatic rings. The summed E-state index contributed by atoms with van der Waals surface area (Å²) in [5.74, 6) is 1.51. The third-order valence-corrected chi connectivity index (χ3v) is 8.29. The molecule has 0 amide bonds. The Kier molecular flexibility index (Phi) is 5.85. The largest absolute Gasteiger partial charge is 0.497 e. The second kappa shape index (κ2) is 8.82. The Hall–Kier alpha value is -3.38. The van der Waals surface area contributed by atoms with E-state index in [0.717, 1.165) is 5.82 Å². The summed E-state index contributed by atoms with van der Waals surface area (Å²) in [5, 5.41) is 8.47. The molecule has 0 bridgehead atoms. The molecule has 2 aliphatic rings. The van der Waals surface area contributed by atoms with Gasteiger partial charge in [0.05, 0.1) is 28.3 Å². The maximum atomic E-state index is 15.4. The number of aromatic nitrogens is 5. The first-order valence-electron chi connectivity index (χ1n) is 12.9. The van der Waals surface area contributed by atoms with E-state index in [2.05, 4.69) is 15.2 Å². The highest BCUT2D eigenvalue weighted by Crippen LogP contribution is 2.44. The van der Waals surface area contributed by atoms with Crippen molar-refractivity contribution in [2.75, 3.05) is 0 Å². The van der Waals surface area contributed by atoms with Crippen molar-refractivity contribution >= 4 is 23.6 Å². The van der Waals surface area contributed by atoms with E-state index in [-0.39, 0.29) is 11.2 Å². The zero-order valence-electron chi connectivity index (χ0n) is 22.6. The Bertz CT molecular complexity index is 1580. The summed E-state index contributed by atoms with van der Waals surface area (Å²) in [6.45, 7) is 6.44. The van der Waals surface area contributed by atoms with Crippen molar-refractivity contribution in [1.82, 2.24) is 24.3 Å². The molecular formula is C27H29BF3N5O3. The minimum Gasteiger partial charge on any atom is -0.434 e. The molecule has 0 N–H and O–H groups in total. The number of ether oxygens (including phenoxy) is 1. The molecule has 6 rings (SSSR count). The first kappa shape index (κ1) is 25.9. The number of fused-ring (bicyclic) bond motifs is 3. The van der Waals surface area contributed by atoms with Gasteiger partial charge in [0.25, 0.3) is 0 Å². The van der Waals surface area contributed by atoms with E-state index in [1.54, 1.807) is 16.7 Å². The van der Waals surface area contributed by atoms with Crippen molar-refractivity contribution in [3.8, 4) is 17.1 Å². The van der Waals surface area contributed by atoms with E-state index in [1.165, 1.54) is 12.1 Å². The monoisotopic (exact) mass is 539 g/mol. The van der Waals surface area contributed by atoms with Gasteiger partial charge in [-0.2, -0.15) is 8.78 Å². The number of aryl methyl sites for hydroxylation is 2. The van der Waals surface area contributed by atoms with Gasteiger partial charge in [-0.05, 0) is 53.2 Å². The zero-order valence-corrected chi connectivity index (χ0v) is 22.6. The summed E-state index contributed by atoms with van der Waals surface area (Å²) in [6, 6.07) is 7.68. The SMILES string of the molecule is Cc1nnc(-c2cccc(OC(F)F)c2[C@H]2CCc3nc4cc(F)c(B5OC(C)(C)C(C)(C)O5)cc4n32)n1C. The number of halogens is 3. The van der Waals surface area contributed by atoms with Crippen LogP contribution in [0.25, 0.3) is 22.4 Å².